The van der Waals surface area contributed by atoms with Crippen molar-refractivity contribution >= 4 is 22.8 Å². The van der Waals surface area contributed by atoms with Crippen LogP contribution in [0.3, 0.4) is 0 Å². The van der Waals surface area contributed by atoms with Crippen molar-refractivity contribution < 1.29 is 9.59 Å². The van der Waals surface area contributed by atoms with Crippen molar-refractivity contribution in [2.45, 2.75) is 13.0 Å². The van der Waals surface area contributed by atoms with E-state index in [1.807, 2.05) is 30.3 Å². The average molecular weight is 322 g/mol. The van der Waals surface area contributed by atoms with E-state index in [4.69, 9.17) is 0 Å². The Labute approximate surface area is 139 Å². The highest BCUT2D eigenvalue weighted by molar-refractivity contribution is 5.94. The summed E-state index contributed by atoms with van der Waals surface area (Å²) >= 11 is 0. The number of H-pyrrole nitrogens is 1. The summed E-state index contributed by atoms with van der Waals surface area (Å²) in [6.07, 6.45) is 0.221. The number of hydrogen-bond acceptors (Lipinski definition) is 3. The molecule has 1 aromatic heterocycles. The van der Waals surface area contributed by atoms with Crippen LogP contribution in [0.2, 0.25) is 0 Å². The lowest BCUT2D eigenvalue weighted by molar-refractivity contribution is -0.121. The van der Waals surface area contributed by atoms with Gasteiger partial charge in [-0.15, -0.1) is 0 Å². The van der Waals surface area contributed by atoms with Crippen molar-refractivity contribution in [3.8, 4) is 0 Å². The first-order valence-corrected chi connectivity index (χ1v) is 7.76. The second-order valence-corrected chi connectivity index (χ2v) is 5.35. The van der Waals surface area contributed by atoms with Gasteiger partial charge in [0.2, 0.25) is 5.91 Å². The number of nitrogens with zero attached hydrogens (tertiary/aromatic N) is 1. The molecule has 0 aliphatic carbocycles. The number of aromatic amines is 1. The minimum absolute atomic E-state index is 0.135. The number of carbonyl (C=O) groups is 2. The van der Waals surface area contributed by atoms with Crippen LogP contribution < -0.4 is 10.6 Å². The van der Waals surface area contributed by atoms with E-state index in [1.54, 1.807) is 24.3 Å². The van der Waals surface area contributed by atoms with Crippen molar-refractivity contribution in [3.63, 3.8) is 0 Å². The Kier molecular flexibility index (Phi) is 4.86. The van der Waals surface area contributed by atoms with Gasteiger partial charge >= 0.3 is 0 Å². The third-order valence-electron chi connectivity index (χ3n) is 3.57. The van der Waals surface area contributed by atoms with Gasteiger partial charge in [0.25, 0.3) is 5.91 Å². The van der Waals surface area contributed by atoms with E-state index in [9.17, 15) is 9.59 Å². The average Bonchev–Trinajstić information content (AvgIpc) is 3.03. The van der Waals surface area contributed by atoms with Crippen LogP contribution >= 0.6 is 0 Å². The first-order valence-electron chi connectivity index (χ1n) is 7.76. The summed E-state index contributed by atoms with van der Waals surface area (Å²) in [5, 5.41) is 5.52. The topological polar surface area (TPSA) is 86.9 Å². The van der Waals surface area contributed by atoms with Gasteiger partial charge < -0.3 is 15.6 Å². The third-order valence-corrected chi connectivity index (χ3v) is 3.57. The van der Waals surface area contributed by atoms with E-state index in [0.717, 1.165) is 11.0 Å². The summed E-state index contributed by atoms with van der Waals surface area (Å²) in [5.41, 5.74) is 2.40. The predicted octanol–water partition coefficient (Wildman–Crippen LogP) is 2.00. The van der Waals surface area contributed by atoms with Crippen LogP contribution in [-0.2, 0) is 11.3 Å². The fourth-order valence-electron chi connectivity index (χ4n) is 2.34. The largest absolute Gasteiger partial charge is 0.352 e. The first kappa shape index (κ1) is 15.7. The molecule has 0 aliphatic heterocycles. The van der Waals surface area contributed by atoms with Crippen molar-refractivity contribution in [1.82, 2.24) is 20.6 Å². The molecule has 0 saturated heterocycles. The number of amides is 2. The minimum Gasteiger partial charge on any atom is -0.352 e. The molecular weight excluding hydrogens is 304 g/mol. The second kappa shape index (κ2) is 7.41. The minimum atomic E-state index is -0.180. The number of hydrogen-bond donors (Lipinski definition) is 3. The molecule has 1 heterocycles. The summed E-state index contributed by atoms with van der Waals surface area (Å²) in [4.78, 5) is 31.2. The van der Waals surface area contributed by atoms with Crippen molar-refractivity contribution in [3.05, 3.63) is 66.0 Å². The molecule has 3 aromatic rings. The summed E-state index contributed by atoms with van der Waals surface area (Å²) in [6, 6.07) is 16.6. The molecule has 0 saturated carbocycles. The molecule has 122 valence electrons. The second-order valence-electron chi connectivity index (χ2n) is 5.35. The maximum atomic E-state index is 11.8. The number of aromatic nitrogens is 2. The standard InChI is InChI=1S/C18H18N4O2/c23-17(10-11-19-18(24)13-6-2-1-3-7-13)20-12-16-21-14-8-4-5-9-15(14)22-16/h1-9H,10-12H2,(H,19,24)(H,20,23)(H,21,22). The highest BCUT2D eigenvalue weighted by atomic mass is 16.2. The van der Waals surface area contributed by atoms with Crippen LogP contribution in [0.15, 0.2) is 54.6 Å². The molecule has 6 heteroatoms. The van der Waals surface area contributed by atoms with E-state index in [-0.39, 0.29) is 18.2 Å². The van der Waals surface area contributed by atoms with Crippen LogP contribution in [-0.4, -0.2) is 28.3 Å². The summed E-state index contributed by atoms with van der Waals surface area (Å²) < 4.78 is 0. The van der Waals surface area contributed by atoms with E-state index in [2.05, 4.69) is 20.6 Å². The predicted molar refractivity (Wildman–Crippen MR) is 91.3 cm³/mol. The molecule has 0 atom stereocenters. The Bertz CT molecular complexity index is 809. The maximum Gasteiger partial charge on any atom is 0.251 e. The zero-order valence-corrected chi connectivity index (χ0v) is 13.1. The van der Waals surface area contributed by atoms with Gasteiger partial charge in [0, 0.05) is 18.5 Å². The molecule has 0 unspecified atom stereocenters. The smallest absolute Gasteiger partial charge is 0.251 e. The lowest BCUT2D eigenvalue weighted by Gasteiger charge is -2.06. The molecule has 0 radical (unpaired) electrons. The number of fused-ring (bicyclic) bond motifs is 1. The summed E-state index contributed by atoms with van der Waals surface area (Å²) in [6.45, 7) is 0.625. The van der Waals surface area contributed by atoms with Crippen LogP contribution in [0.25, 0.3) is 11.0 Å². The quantitative estimate of drug-likeness (QED) is 0.649. The number of rotatable bonds is 6. The lowest BCUT2D eigenvalue weighted by atomic mass is 10.2. The molecule has 0 bridgehead atoms. The molecule has 6 nitrogen and oxygen atoms in total. The zero-order chi connectivity index (χ0) is 16.8. The number of benzene rings is 2. The lowest BCUT2D eigenvalue weighted by Crippen LogP contribution is -2.30. The van der Waals surface area contributed by atoms with Gasteiger partial charge in [-0.1, -0.05) is 30.3 Å². The Balaban J connectivity index is 1.42. The molecule has 0 fully saturated rings. The van der Waals surface area contributed by atoms with Crippen molar-refractivity contribution in [2.75, 3.05) is 6.54 Å². The molecular formula is C18H18N4O2. The van der Waals surface area contributed by atoms with E-state index in [0.29, 0.717) is 24.5 Å². The molecule has 24 heavy (non-hydrogen) atoms. The van der Waals surface area contributed by atoms with Crippen LogP contribution in [0.4, 0.5) is 0 Å². The summed E-state index contributed by atoms with van der Waals surface area (Å²) in [5.74, 6) is 0.391. The molecule has 3 N–H and O–H groups in total. The fraction of sp³-hybridized carbons (Fsp3) is 0.167. The number of nitrogens with one attached hydrogen (secondary N) is 3. The zero-order valence-electron chi connectivity index (χ0n) is 13.1. The Morgan fingerprint density at radius 2 is 1.71 bits per heavy atom. The molecule has 2 amide bonds. The van der Waals surface area contributed by atoms with E-state index < -0.39 is 0 Å². The SMILES string of the molecule is O=C(CCNC(=O)c1ccccc1)NCc1nc2ccccc2[nH]1. The van der Waals surface area contributed by atoms with Crippen molar-refractivity contribution in [1.29, 1.82) is 0 Å². The van der Waals surface area contributed by atoms with Gasteiger partial charge in [-0.05, 0) is 24.3 Å². The Morgan fingerprint density at radius 3 is 2.50 bits per heavy atom. The Morgan fingerprint density at radius 1 is 0.958 bits per heavy atom. The highest BCUT2D eigenvalue weighted by Gasteiger charge is 2.07. The van der Waals surface area contributed by atoms with Crippen LogP contribution in [0.5, 0.6) is 0 Å². The van der Waals surface area contributed by atoms with E-state index in [1.165, 1.54) is 0 Å². The van der Waals surface area contributed by atoms with Gasteiger partial charge in [0.05, 0.1) is 17.6 Å². The number of imidazole rings is 1. The normalized spacial score (nSPS) is 10.5. The summed E-state index contributed by atoms with van der Waals surface area (Å²) in [7, 11) is 0. The highest BCUT2D eigenvalue weighted by Crippen LogP contribution is 2.09. The third kappa shape index (κ3) is 3.98. The molecule has 3 rings (SSSR count). The number of para-hydroxylation sites is 2. The molecule has 0 spiro atoms. The maximum absolute atomic E-state index is 11.8. The molecule has 2 aromatic carbocycles. The van der Waals surface area contributed by atoms with E-state index >= 15 is 0 Å². The molecule has 0 aliphatic rings. The van der Waals surface area contributed by atoms with Gasteiger partial charge in [-0.25, -0.2) is 4.98 Å². The van der Waals surface area contributed by atoms with Crippen molar-refractivity contribution in [2.24, 2.45) is 0 Å². The number of carbonyl (C=O) groups excluding carboxylic acids is 2. The monoisotopic (exact) mass is 322 g/mol. The fourth-order valence-corrected chi connectivity index (χ4v) is 2.34. The van der Waals surface area contributed by atoms with Gasteiger partial charge in [0.15, 0.2) is 0 Å². The van der Waals surface area contributed by atoms with Crippen LogP contribution in [0.1, 0.15) is 22.6 Å². The van der Waals surface area contributed by atoms with Gasteiger partial charge in [0.1, 0.15) is 5.82 Å². The van der Waals surface area contributed by atoms with Gasteiger partial charge in [-0.3, -0.25) is 9.59 Å². The Hall–Kier alpha value is -3.15. The first-order chi connectivity index (χ1) is 11.7. The van der Waals surface area contributed by atoms with Crippen LogP contribution in [0, 0.1) is 0 Å². The van der Waals surface area contributed by atoms with Gasteiger partial charge in [-0.2, -0.15) is 0 Å².